The van der Waals surface area contributed by atoms with Crippen LogP contribution >= 0.6 is 0 Å². The Balaban J connectivity index is 2.25. The minimum atomic E-state index is -0.281. The van der Waals surface area contributed by atoms with E-state index in [0.29, 0.717) is 6.42 Å². The normalized spacial score (nSPS) is 21.0. The number of nitrogens with zero attached hydrogens (tertiary/aromatic N) is 2. The molecule has 0 unspecified atom stereocenters. The largest absolute Gasteiger partial charge is 0.500 e. The van der Waals surface area contributed by atoms with Crippen LogP contribution in [-0.2, 0) is 14.3 Å². The van der Waals surface area contributed by atoms with E-state index in [2.05, 4.69) is 45.0 Å². The molecule has 0 N–H and O–H groups in total. The molecule has 28 heavy (non-hydrogen) atoms. The van der Waals surface area contributed by atoms with Gasteiger partial charge in [-0.05, 0) is 58.5 Å². The number of carbonyl (C=O) groups excluding carboxylic acids is 1. The number of rotatable bonds is 10. The summed E-state index contributed by atoms with van der Waals surface area (Å²) in [7, 11) is 7.66. The van der Waals surface area contributed by atoms with Crippen LogP contribution in [0.5, 0.6) is 0 Å². The van der Waals surface area contributed by atoms with Crippen LogP contribution in [-0.4, -0.2) is 63.7 Å². The molecule has 1 fully saturated rings. The lowest BCUT2D eigenvalue weighted by molar-refractivity contribution is -0.136. The summed E-state index contributed by atoms with van der Waals surface area (Å²) >= 11 is 0. The molecule has 160 valence electrons. The number of methoxy groups -OCH3 is 2. The molecular formula is C23H40N2O3. The van der Waals surface area contributed by atoms with Crippen LogP contribution < -0.4 is 0 Å². The molecule has 0 aromatic carbocycles. The molecule has 0 bridgehead atoms. The second-order valence-electron chi connectivity index (χ2n) is 8.71. The smallest absolute Gasteiger partial charge is 0.223 e. The molecule has 1 aliphatic carbocycles. The fourth-order valence-corrected chi connectivity index (χ4v) is 4.95. The van der Waals surface area contributed by atoms with E-state index in [0.717, 1.165) is 69.7 Å². The highest BCUT2D eigenvalue weighted by molar-refractivity contribution is 5.79. The average Bonchev–Trinajstić information content (AvgIpc) is 2.65. The van der Waals surface area contributed by atoms with Gasteiger partial charge in [-0.2, -0.15) is 0 Å². The fourth-order valence-electron chi connectivity index (χ4n) is 4.95. The number of likely N-dealkylation sites (tertiary alicyclic amines) is 1. The molecule has 0 saturated carbocycles. The lowest BCUT2D eigenvalue weighted by Crippen LogP contribution is -2.46. The van der Waals surface area contributed by atoms with Crippen LogP contribution in [0.4, 0.5) is 0 Å². The van der Waals surface area contributed by atoms with E-state index in [1.165, 1.54) is 0 Å². The molecule has 1 aliphatic heterocycles. The molecule has 1 saturated heterocycles. The molecule has 1 spiro atoms. The zero-order valence-corrected chi connectivity index (χ0v) is 18.8. The van der Waals surface area contributed by atoms with E-state index < -0.39 is 0 Å². The van der Waals surface area contributed by atoms with Gasteiger partial charge in [0.25, 0.3) is 0 Å². The summed E-state index contributed by atoms with van der Waals surface area (Å²) in [6, 6.07) is 0. The van der Waals surface area contributed by atoms with Crippen molar-refractivity contribution in [2.45, 2.75) is 58.8 Å². The Labute approximate surface area is 171 Å². The minimum absolute atomic E-state index is 0.190. The summed E-state index contributed by atoms with van der Waals surface area (Å²) in [4.78, 5) is 17.1. The first kappa shape index (κ1) is 22.8. The first-order valence-electron chi connectivity index (χ1n) is 10.8. The second kappa shape index (κ2) is 9.82. The topological polar surface area (TPSA) is 42.0 Å². The maximum atomic E-state index is 12.9. The van der Waals surface area contributed by atoms with Gasteiger partial charge >= 0.3 is 0 Å². The first-order chi connectivity index (χ1) is 13.4. The van der Waals surface area contributed by atoms with Crippen LogP contribution in [0.15, 0.2) is 23.7 Å². The standard InChI is InChI=1S/C23H40N2O3/c1-7-10-23(11-8-2)19(27-5)16-22(17-20(23)28-6)12-15-25(21(26)18-22)14-9-13-24(3)4/h16-17H,7-15,18H2,1-6H3. The summed E-state index contributed by atoms with van der Waals surface area (Å²) in [5, 5.41) is 0. The van der Waals surface area contributed by atoms with E-state index in [-0.39, 0.29) is 16.7 Å². The van der Waals surface area contributed by atoms with Gasteiger partial charge in [0.2, 0.25) is 5.91 Å². The Morgan fingerprint density at radius 3 is 2.07 bits per heavy atom. The van der Waals surface area contributed by atoms with E-state index in [1.54, 1.807) is 14.2 Å². The van der Waals surface area contributed by atoms with E-state index in [1.807, 2.05) is 4.90 Å². The summed E-state index contributed by atoms with van der Waals surface area (Å²) in [5.41, 5.74) is -0.471. The van der Waals surface area contributed by atoms with Crippen molar-refractivity contribution in [3.8, 4) is 0 Å². The van der Waals surface area contributed by atoms with Gasteiger partial charge in [0, 0.05) is 24.9 Å². The first-order valence-corrected chi connectivity index (χ1v) is 10.8. The molecule has 0 aromatic rings. The van der Waals surface area contributed by atoms with E-state index in [4.69, 9.17) is 9.47 Å². The number of hydrogen-bond acceptors (Lipinski definition) is 4. The summed E-state index contributed by atoms with van der Waals surface area (Å²) in [5.74, 6) is 2.22. The Morgan fingerprint density at radius 1 is 1.07 bits per heavy atom. The van der Waals surface area contributed by atoms with Crippen LogP contribution in [0.3, 0.4) is 0 Å². The Morgan fingerprint density at radius 2 is 1.64 bits per heavy atom. The number of hydrogen-bond donors (Lipinski definition) is 0. The van der Waals surface area contributed by atoms with Crippen molar-refractivity contribution in [3.05, 3.63) is 23.7 Å². The van der Waals surface area contributed by atoms with Gasteiger partial charge in [-0.1, -0.05) is 26.7 Å². The predicted octanol–water partition coefficient (Wildman–Crippen LogP) is 4.21. The number of ether oxygens (including phenoxy) is 2. The monoisotopic (exact) mass is 392 g/mol. The van der Waals surface area contributed by atoms with Gasteiger partial charge < -0.3 is 19.3 Å². The lowest BCUT2D eigenvalue weighted by Gasteiger charge is -2.46. The Bertz CT molecular complexity index is 565. The highest BCUT2D eigenvalue weighted by Crippen LogP contribution is 2.53. The third-order valence-corrected chi connectivity index (χ3v) is 6.29. The predicted molar refractivity (Wildman–Crippen MR) is 114 cm³/mol. The summed E-state index contributed by atoms with van der Waals surface area (Å²) < 4.78 is 11.9. The average molecular weight is 393 g/mol. The zero-order chi connectivity index (χ0) is 20.8. The van der Waals surface area contributed by atoms with Crippen molar-refractivity contribution in [3.63, 3.8) is 0 Å². The third kappa shape index (κ3) is 4.73. The van der Waals surface area contributed by atoms with Crippen molar-refractivity contribution in [1.29, 1.82) is 0 Å². The molecule has 5 nitrogen and oxygen atoms in total. The van der Waals surface area contributed by atoms with Crippen LogP contribution in [0.2, 0.25) is 0 Å². The maximum absolute atomic E-state index is 12.9. The van der Waals surface area contributed by atoms with Gasteiger partial charge in [-0.3, -0.25) is 4.79 Å². The van der Waals surface area contributed by atoms with Gasteiger partial charge in [0.15, 0.2) is 0 Å². The van der Waals surface area contributed by atoms with Crippen molar-refractivity contribution in [1.82, 2.24) is 9.80 Å². The van der Waals surface area contributed by atoms with Crippen LogP contribution in [0.25, 0.3) is 0 Å². The molecule has 2 rings (SSSR count). The van der Waals surface area contributed by atoms with Gasteiger partial charge in [0.1, 0.15) is 11.5 Å². The molecule has 2 aliphatic rings. The highest BCUT2D eigenvalue weighted by atomic mass is 16.5. The quantitative estimate of drug-likeness (QED) is 0.559. The van der Waals surface area contributed by atoms with Gasteiger partial charge in [-0.25, -0.2) is 0 Å². The molecular weight excluding hydrogens is 352 g/mol. The van der Waals surface area contributed by atoms with E-state index in [9.17, 15) is 4.79 Å². The highest BCUT2D eigenvalue weighted by Gasteiger charge is 2.48. The number of allylic oxidation sites excluding steroid dienone is 2. The van der Waals surface area contributed by atoms with Gasteiger partial charge in [0.05, 0.1) is 19.6 Å². The fraction of sp³-hybridized carbons (Fsp3) is 0.783. The van der Waals surface area contributed by atoms with Crippen molar-refractivity contribution < 1.29 is 14.3 Å². The third-order valence-electron chi connectivity index (χ3n) is 6.29. The molecule has 0 atom stereocenters. The van der Waals surface area contributed by atoms with Crippen LogP contribution in [0.1, 0.15) is 58.8 Å². The summed E-state index contributed by atoms with van der Waals surface area (Å²) in [6.45, 7) is 7.05. The molecule has 0 radical (unpaired) electrons. The lowest BCUT2D eigenvalue weighted by atomic mass is 9.65. The van der Waals surface area contributed by atoms with Crippen molar-refractivity contribution >= 4 is 5.91 Å². The Kier molecular flexibility index (Phi) is 7.99. The van der Waals surface area contributed by atoms with Crippen molar-refractivity contribution in [2.24, 2.45) is 10.8 Å². The maximum Gasteiger partial charge on any atom is 0.223 e. The SMILES string of the molecule is CCCC1(CCC)C(OC)=CC2(C=C1OC)CCN(CCCN(C)C)C(=O)C2. The van der Waals surface area contributed by atoms with Crippen molar-refractivity contribution in [2.75, 3.05) is 47.9 Å². The number of piperidine rings is 1. The second-order valence-corrected chi connectivity index (χ2v) is 8.71. The molecule has 0 aromatic heterocycles. The summed E-state index contributed by atoms with van der Waals surface area (Å²) in [6.07, 6.45) is 11.1. The minimum Gasteiger partial charge on any atom is -0.500 e. The van der Waals surface area contributed by atoms with Crippen LogP contribution in [0, 0.1) is 10.8 Å². The Hall–Kier alpha value is -1.49. The molecule has 1 heterocycles. The zero-order valence-electron chi connectivity index (χ0n) is 18.8. The van der Waals surface area contributed by atoms with Gasteiger partial charge in [-0.15, -0.1) is 0 Å². The number of carbonyl (C=O) groups is 1. The number of amides is 1. The van der Waals surface area contributed by atoms with E-state index >= 15 is 0 Å². The molecule has 5 heteroatoms. The molecule has 1 amide bonds.